The Morgan fingerprint density at radius 3 is 2.72 bits per heavy atom. The quantitative estimate of drug-likeness (QED) is 0.832. The van der Waals surface area contributed by atoms with Crippen LogP contribution in [0.15, 0.2) is 24.3 Å². The molecule has 98 valence electrons. The number of carbonyl (C=O) groups is 1. The van der Waals surface area contributed by atoms with Gasteiger partial charge in [0.2, 0.25) is 0 Å². The molecular formula is C13H15FO4. The number of alkyl halides is 1. The van der Waals surface area contributed by atoms with E-state index in [1.807, 2.05) is 19.1 Å². The molecule has 1 aliphatic rings. The second-order valence-electron chi connectivity index (χ2n) is 4.36. The zero-order valence-electron chi connectivity index (χ0n) is 10.0. The van der Waals surface area contributed by atoms with Crippen molar-refractivity contribution in [3.8, 4) is 0 Å². The predicted octanol–water partition coefficient (Wildman–Crippen LogP) is 1.60. The highest BCUT2D eigenvalue weighted by Crippen LogP contribution is 2.21. The van der Waals surface area contributed by atoms with E-state index in [-0.39, 0.29) is 13.0 Å². The topological polar surface area (TPSA) is 55.8 Å². The third kappa shape index (κ3) is 3.05. The van der Waals surface area contributed by atoms with Gasteiger partial charge < -0.3 is 14.6 Å². The Bertz CT molecular complexity index is 408. The first-order valence-electron chi connectivity index (χ1n) is 5.77. The summed E-state index contributed by atoms with van der Waals surface area (Å²) in [5.41, 5.74) is 1.49. The fourth-order valence-corrected chi connectivity index (χ4v) is 1.75. The lowest BCUT2D eigenvalue weighted by molar-refractivity contribution is -0.121. The van der Waals surface area contributed by atoms with Gasteiger partial charge in [0.05, 0.1) is 11.7 Å². The molecule has 1 aromatic rings. The number of carbonyl (C=O) groups excluding carboxylic acids is 1. The van der Waals surface area contributed by atoms with Crippen molar-refractivity contribution in [2.75, 3.05) is 6.61 Å². The van der Waals surface area contributed by atoms with Gasteiger partial charge in [-0.25, -0.2) is 9.18 Å². The molecular weight excluding hydrogens is 239 g/mol. The summed E-state index contributed by atoms with van der Waals surface area (Å²) in [5.74, 6) is -0.476. The number of aryl methyl sites for hydroxylation is 1. The molecule has 1 aliphatic heterocycles. The number of halogens is 1. The Morgan fingerprint density at radius 1 is 1.50 bits per heavy atom. The van der Waals surface area contributed by atoms with E-state index in [9.17, 15) is 9.18 Å². The lowest BCUT2D eigenvalue weighted by Crippen LogP contribution is -2.19. The third-order valence-corrected chi connectivity index (χ3v) is 2.82. The van der Waals surface area contributed by atoms with E-state index in [0.717, 1.165) is 5.56 Å². The highest BCUT2D eigenvalue weighted by Gasteiger charge is 2.34. The maximum absolute atomic E-state index is 12.9. The molecule has 1 fully saturated rings. The molecule has 1 N–H and O–H groups in total. The minimum absolute atomic E-state index is 0.0440. The first-order chi connectivity index (χ1) is 8.56. The van der Waals surface area contributed by atoms with Crippen molar-refractivity contribution in [3.05, 3.63) is 35.4 Å². The first-order valence-corrected chi connectivity index (χ1v) is 5.77. The van der Waals surface area contributed by atoms with Crippen molar-refractivity contribution < 1.29 is 23.8 Å². The van der Waals surface area contributed by atoms with Crippen LogP contribution in [-0.4, -0.2) is 36.2 Å². The summed E-state index contributed by atoms with van der Waals surface area (Å²) in [6, 6.07) is 6.95. The molecule has 0 unspecified atom stereocenters. The van der Waals surface area contributed by atoms with Crippen LogP contribution in [0.2, 0.25) is 0 Å². The molecule has 0 aliphatic carbocycles. The number of ether oxygens (including phenoxy) is 2. The van der Waals surface area contributed by atoms with Crippen molar-refractivity contribution in [2.45, 2.75) is 31.9 Å². The molecule has 0 amide bonds. The van der Waals surface area contributed by atoms with E-state index in [0.29, 0.717) is 5.56 Å². The fraction of sp³-hybridized carbons (Fsp3) is 0.462. The molecule has 1 saturated heterocycles. The van der Waals surface area contributed by atoms with Crippen LogP contribution in [0.3, 0.4) is 0 Å². The van der Waals surface area contributed by atoms with Gasteiger partial charge in [0.15, 0.2) is 12.5 Å². The van der Waals surface area contributed by atoms with Crippen molar-refractivity contribution in [1.82, 2.24) is 0 Å². The number of hydrogen-bond acceptors (Lipinski definition) is 4. The first kappa shape index (κ1) is 13.0. The normalized spacial score (nSPS) is 27.2. The predicted molar refractivity (Wildman–Crippen MR) is 61.9 cm³/mol. The second-order valence-corrected chi connectivity index (χ2v) is 4.36. The van der Waals surface area contributed by atoms with Gasteiger partial charge in [0, 0.05) is 6.42 Å². The molecule has 5 heteroatoms. The Hall–Kier alpha value is -1.46. The second kappa shape index (κ2) is 5.46. The molecule has 0 saturated carbocycles. The zero-order valence-corrected chi connectivity index (χ0v) is 10.0. The summed E-state index contributed by atoms with van der Waals surface area (Å²) in [7, 11) is 0. The highest BCUT2D eigenvalue weighted by molar-refractivity contribution is 5.89. The van der Waals surface area contributed by atoms with Crippen molar-refractivity contribution >= 4 is 5.97 Å². The Morgan fingerprint density at radius 2 is 2.17 bits per heavy atom. The van der Waals surface area contributed by atoms with Gasteiger partial charge in [0.1, 0.15) is 6.61 Å². The van der Waals surface area contributed by atoms with Crippen LogP contribution >= 0.6 is 0 Å². The average Bonchev–Trinajstić information content (AvgIpc) is 2.67. The molecule has 0 aromatic heterocycles. The van der Waals surface area contributed by atoms with Gasteiger partial charge in [-0.15, -0.1) is 0 Å². The highest BCUT2D eigenvalue weighted by atomic mass is 19.1. The number of hydrogen-bond donors (Lipinski definition) is 1. The zero-order chi connectivity index (χ0) is 13.1. The maximum Gasteiger partial charge on any atom is 0.338 e. The van der Waals surface area contributed by atoms with E-state index >= 15 is 0 Å². The fourth-order valence-electron chi connectivity index (χ4n) is 1.75. The summed E-state index contributed by atoms with van der Waals surface area (Å²) in [6.45, 7) is 1.87. The number of aliphatic hydroxyl groups is 1. The lowest BCUT2D eigenvalue weighted by atomic mass is 10.1. The van der Waals surface area contributed by atoms with Crippen LogP contribution in [0, 0.1) is 6.92 Å². The van der Waals surface area contributed by atoms with E-state index in [1.54, 1.807) is 12.1 Å². The minimum Gasteiger partial charge on any atom is -0.459 e. The van der Waals surface area contributed by atoms with Gasteiger partial charge in [-0.1, -0.05) is 17.7 Å². The van der Waals surface area contributed by atoms with Gasteiger partial charge in [-0.3, -0.25) is 0 Å². The summed E-state index contributed by atoms with van der Waals surface area (Å²) in [5, 5.41) is 9.04. The monoisotopic (exact) mass is 254 g/mol. The third-order valence-electron chi connectivity index (χ3n) is 2.82. The molecule has 2 rings (SSSR count). The van der Waals surface area contributed by atoms with Crippen LogP contribution in [0.25, 0.3) is 0 Å². The van der Waals surface area contributed by atoms with Gasteiger partial charge in [-0.2, -0.15) is 0 Å². The van der Waals surface area contributed by atoms with Crippen LogP contribution in [0.5, 0.6) is 0 Å². The Balaban J connectivity index is 1.84. The summed E-state index contributed by atoms with van der Waals surface area (Å²) >= 11 is 0. The molecule has 4 nitrogen and oxygen atoms in total. The smallest absolute Gasteiger partial charge is 0.338 e. The Labute approximate surface area is 104 Å². The Kier molecular flexibility index (Phi) is 3.93. The van der Waals surface area contributed by atoms with Gasteiger partial charge in [0.25, 0.3) is 0 Å². The van der Waals surface area contributed by atoms with Crippen LogP contribution in [-0.2, 0) is 9.47 Å². The van der Waals surface area contributed by atoms with Gasteiger partial charge in [-0.05, 0) is 19.1 Å². The summed E-state index contributed by atoms with van der Waals surface area (Å²) in [6.07, 6.45) is -3.35. The molecule has 3 atom stereocenters. The number of benzene rings is 1. The summed E-state index contributed by atoms with van der Waals surface area (Å²) < 4.78 is 22.8. The molecule has 0 radical (unpaired) electrons. The van der Waals surface area contributed by atoms with Crippen molar-refractivity contribution in [3.63, 3.8) is 0 Å². The van der Waals surface area contributed by atoms with Crippen molar-refractivity contribution in [2.24, 2.45) is 0 Å². The van der Waals surface area contributed by atoms with E-state index in [2.05, 4.69) is 0 Å². The SMILES string of the molecule is Cc1ccc(C(=O)OC[C@@H]2C[C@H](F)[C@@H](O)O2)cc1. The molecule has 1 aromatic carbocycles. The molecule has 0 bridgehead atoms. The average molecular weight is 254 g/mol. The molecule has 0 spiro atoms. The number of esters is 1. The largest absolute Gasteiger partial charge is 0.459 e. The van der Waals surface area contributed by atoms with E-state index in [4.69, 9.17) is 14.6 Å². The van der Waals surface area contributed by atoms with Crippen LogP contribution < -0.4 is 0 Å². The van der Waals surface area contributed by atoms with Crippen molar-refractivity contribution in [1.29, 1.82) is 0 Å². The molecule has 1 heterocycles. The van der Waals surface area contributed by atoms with Gasteiger partial charge >= 0.3 is 5.97 Å². The van der Waals surface area contributed by atoms with E-state index in [1.165, 1.54) is 0 Å². The summed E-state index contributed by atoms with van der Waals surface area (Å²) in [4.78, 5) is 11.6. The molecule has 18 heavy (non-hydrogen) atoms. The van der Waals surface area contributed by atoms with Crippen LogP contribution in [0.1, 0.15) is 22.3 Å². The standard InChI is InChI=1S/C13H15FO4/c1-8-2-4-9(5-3-8)12(15)17-7-10-6-11(14)13(16)18-10/h2-5,10-11,13,16H,6-7H2,1H3/t10-,11-,13-/m0/s1. The van der Waals surface area contributed by atoms with Crippen LogP contribution in [0.4, 0.5) is 4.39 Å². The number of rotatable bonds is 3. The van der Waals surface area contributed by atoms with E-state index < -0.39 is 24.5 Å². The maximum atomic E-state index is 12.9. The number of aliphatic hydroxyl groups excluding tert-OH is 1. The minimum atomic E-state index is -1.41. The lowest BCUT2D eigenvalue weighted by Gasteiger charge is -2.10.